The molecule has 0 saturated heterocycles. The number of fused-ring (bicyclic) bond motifs is 1. The fourth-order valence-electron chi connectivity index (χ4n) is 3.63. The van der Waals surface area contributed by atoms with Crippen LogP contribution in [0.2, 0.25) is 0 Å². The molecule has 0 saturated carbocycles. The third-order valence-electron chi connectivity index (χ3n) is 5.17. The van der Waals surface area contributed by atoms with E-state index in [2.05, 4.69) is 15.0 Å². The van der Waals surface area contributed by atoms with Gasteiger partial charge in [0.1, 0.15) is 11.6 Å². The van der Waals surface area contributed by atoms with Crippen molar-refractivity contribution < 1.29 is 9.50 Å². The lowest BCUT2D eigenvalue weighted by Gasteiger charge is -2.13. The maximum absolute atomic E-state index is 13.3. The van der Waals surface area contributed by atoms with Crippen molar-refractivity contribution in [2.24, 2.45) is 0 Å². The number of aliphatic hydroxyl groups excluding tert-OH is 1. The molecule has 0 radical (unpaired) electrons. The summed E-state index contributed by atoms with van der Waals surface area (Å²) >= 11 is 0. The van der Waals surface area contributed by atoms with Crippen LogP contribution in [0.1, 0.15) is 5.56 Å². The summed E-state index contributed by atoms with van der Waals surface area (Å²) in [6.07, 6.45) is 4.56. The molecular weight excluding hydrogens is 393 g/mol. The Labute approximate surface area is 177 Å². The molecule has 4 aromatic heterocycles. The first-order valence-electron chi connectivity index (χ1n) is 9.68. The third kappa shape index (κ3) is 3.41. The minimum Gasteiger partial charge on any atom is -0.392 e. The van der Waals surface area contributed by atoms with Crippen LogP contribution in [0.3, 0.4) is 0 Å². The number of nitrogen functional groups attached to an aromatic ring is 1. The van der Waals surface area contributed by atoms with E-state index in [1.54, 1.807) is 18.5 Å². The number of halogens is 1. The highest BCUT2D eigenvalue weighted by Gasteiger charge is 2.17. The largest absolute Gasteiger partial charge is 0.392 e. The Kier molecular flexibility index (Phi) is 4.65. The fraction of sp³-hybridized carbons (Fsp3) is 0.0417. The Morgan fingerprint density at radius 2 is 1.77 bits per heavy atom. The zero-order valence-electron chi connectivity index (χ0n) is 16.4. The van der Waals surface area contributed by atoms with Gasteiger partial charge in [0, 0.05) is 29.2 Å². The molecule has 6 nitrogen and oxygen atoms in total. The number of aromatic nitrogens is 4. The van der Waals surface area contributed by atoms with E-state index in [0.717, 1.165) is 39.1 Å². The lowest BCUT2D eigenvalue weighted by Crippen LogP contribution is -2.00. The summed E-state index contributed by atoms with van der Waals surface area (Å²) < 4.78 is 15.4. The smallest absolute Gasteiger partial charge is 0.141 e. The first-order chi connectivity index (χ1) is 15.1. The van der Waals surface area contributed by atoms with Gasteiger partial charge >= 0.3 is 0 Å². The Bertz CT molecular complexity index is 1380. The maximum atomic E-state index is 13.3. The lowest BCUT2D eigenvalue weighted by molar-refractivity contribution is 0.282. The molecule has 0 unspecified atom stereocenters. The van der Waals surface area contributed by atoms with Gasteiger partial charge in [-0.3, -0.25) is 9.97 Å². The second-order valence-electron chi connectivity index (χ2n) is 7.12. The number of nitrogens with zero attached hydrogens (tertiary/aromatic N) is 4. The van der Waals surface area contributed by atoms with Crippen molar-refractivity contribution in [2.45, 2.75) is 6.61 Å². The van der Waals surface area contributed by atoms with Crippen LogP contribution in [0.25, 0.3) is 39.2 Å². The topological polar surface area (TPSA) is 89.9 Å². The van der Waals surface area contributed by atoms with Gasteiger partial charge in [-0.1, -0.05) is 12.1 Å². The number of nitrogens with two attached hydrogens (primary N) is 1. The number of aliphatic hydroxyl groups is 1. The molecule has 0 aliphatic heterocycles. The molecule has 0 spiro atoms. The van der Waals surface area contributed by atoms with E-state index in [4.69, 9.17) is 5.73 Å². The molecule has 3 N–H and O–H groups in total. The Hall–Kier alpha value is -4.10. The van der Waals surface area contributed by atoms with Crippen LogP contribution in [0.4, 0.5) is 10.2 Å². The SMILES string of the molecule is Nc1ncccc1-c1cc2ncc(-c3ccc(F)cn3)cc2n1-c1ccc(CO)cc1. The summed E-state index contributed by atoms with van der Waals surface area (Å²) in [6, 6.07) is 18.3. The Morgan fingerprint density at radius 1 is 0.935 bits per heavy atom. The van der Waals surface area contributed by atoms with Crippen LogP contribution in [0, 0.1) is 5.82 Å². The minimum atomic E-state index is -0.389. The van der Waals surface area contributed by atoms with E-state index in [9.17, 15) is 9.50 Å². The van der Waals surface area contributed by atoms with Gasteiger partial charge in [0.25, 0.3) is 0 Å². The highest BCUT2D eigenvalue weighted by molar-refractivity contribution is 5.90. The van der Waals surface area contributed by atoms with Crippen molar-refractivity contribution >= 4 is 16.9 Å². The van der Waals surface area contributed by atoms with Gasteiger partial charge in [-0.25, -0.2) is 9.37 Å². The van der Waals surface area contributed by atoms with Crippen molar-refractivity contribution in [3.8, 4) is 28.2 Å². The van der Waals surface area contributed by atoms with E-state index < -0.39 is 0 Å². The average molecular weight is 411 g/mol. The third-order valence-corrected chi connectivity index (χ3v) is 5.17. The summed E-state index contributed by atoms with van der Waals surface area (Å²) in [7, 11) is 0. The zero-order chi connectivity index (χ0) is 21.4. The molecule has 0 aliphatic rings. The molecule has 7 heteroatoms. The van der Waals surface area contributed by atoms with Gasteiger partial charge < -0.3 is 15.4 Å². The van der Waals surface area contributed by atoms with Crippen LogP contribution >= 0.6 is 0 Å². The quantitative estimate of drug-likeness (QED) is 0.459. The molecule has 0 bridgehead atoms. The monoisotopic (exact) mass is 411 g/mol. The highest BCUT2D eigenvalue weighted by atomic mass is 19.1. The predicted molar refractivity (Wildman–Crippen MR) is 118 cm³/mol. The van der Waals surface area contributed by atoms with Gasteiger partial charge in [0.2, 0.25) is 0 Å². The van der Waals surface area contributed by atoms with Crippen LogP contribution in [-0.2, 0) is 6.61 Å². The fourth-order valence-corrected chi connectivity index (χ4v) is 3.63. The lowest BCUT2D eigenvalue weighted by atomic mass is 10.1. The normalized spacial score (nSPS) is 11.2. The second kappa shape index (κ2) is 7.62. The summed E-state index contributed by atoms with van der Waals surface area (Å²) in [5, 5.41) is 9.41. The van der Waals surface area contributed by atoms with Gasteiger partial charge in [0.05, 0.1) is 35.2 Å². The maximum Gasteiger partial charge on any atom is 0.141 e. The molecule has 4 heterocycles. The Morgan fingerprint density at radius 3 is 2.48 bits per heavy atom. The van der Waals surface area contributed by atoms with Crippen LogP contribution in [0.15, 0.2) is 79.3 Å². The molecular formula is C24H18FN5O. The van der Waals surface area contributed by atoms with E-state index in [1.165, 1.54) is 12.3 Å². The molecule has 0 fully saturated rings. The van der Waals surface area contributed by atoms with Crippen molar-refractivity contribution in [3.63, 3.8) is 0 Å². The minimum absolute atomic E-state index is 0.0307. The van der Waals surface area contributed by atoms with Gasteiger partial charge in [-0.05, 0) is 54.1 Å². The molecule has 0 amide bonds. The summed E-state index contributed by atoms with van der Waals surface area (Å²) in [4.78, 5) is 13.0. The number of benzene rings is 1. The molecule has 5 rings (SSSR count). The molecule has 5 aromatic rings. The summed E-state index contributed by atoms with van der Waals surface area (Å²) in [6.45, 7) is -0.0307. The summed E-state index contributed by atoms with van der Waals surface area (Å²) in [5.41, 5.74) is 12.5. The number of anilines is 1. The zero-order valence-corrected chi connectivity index (χ0v) is 16.4. The van der Waals surface area contributed by atoms with E-state index in [1.807, 2.05) is 53.1 Å². The first kappa shape index (κ1) is 18.9. The van der Waals surface area contributed by atoms with E-state index in [-0.39, 0.29) is 12.4 Å². The standard InChI is InChI=1S/C24H18FN5O/c25-17-5-8-20(29-13-17)16-10-23-21(28-12-16)11-22(19-2-1-9-27-24(19)26)30(23)18-6-3-15(14-31)4-7-18/h1-13,31H,14H2,(H2,26,27). The predicted octanol–water partition coefficient (Wildman–Crippen LogP) is 4.36. The van der Waals surface area contributed by atoms with Crippen LogP contribution in [0.5, 0.6) is 0 Å². The first-order valence-corrected chi connectivity index (χ1v) is 9.68. The number of hydrogen-bond acceptors (Lipinski definition) is 5. The van der Waals surface area contributed by atoms with Crippen LogP contribution < -0.4 is 5.73 Å². The molecule has 152 valence electrons. The molecule has 0 aliphatic carbocycles. The van der Waals surface area contributed by atoms with Crippen molar-refractivity contribution in [3.05, 3.63) is 90.6 Å². The molecule has 31 heavy (non-hydrogen) atoms. The molecule has 1 aromatic carbocycles. The van der Waals surface area contributed by atoms with Crippen LogP contribution in [-0.4, -0.2) is 24.6 Å². The molecule has 0 atom stereocenters. The van der Waals surface area contributed by atoms with Crippen molar-refractivity contribution in [1.29, 1.82) is 0 Å². The summed E-state index contributed by atoms with van der Waals surface area (Å²) in [5.74, 6) is 0.0263. The van der Waals surface area contributed by atoms with Gasteiger partial charge in [0.15, 0.2) is 0 Å². The van der Waals surface area contributed by atoms with Gasteiger partial charge in [-0.15, -0.1) is 0 Å². The number of hydrogen-bond donors (Lipinski definition) is 2. The highest BCUT2D eigenvalue weighted by Crippen LogP contribution is 2.34. The number of rotatable bonds is 4. The average Bonchev–Trinajstić information content (AvgIpc) is 3.18. The van der Waals surface area contributed by atoms with Crippen molar-refractivity contribution in [2.75, 3.05) is 5.73 Å². The van der Waals surface area contributed by atoms with E-state index in [0.29, 0.717) is 11.5 Å². The van der Waals surface area contributed by atoms with Gasteiger partial charge in [-0.2, -0.15) is 0 Å². The van der Waals surface area contributed by atoms with Crippen molar-refractivity contribution in [1.82, 2.24) is 19.5 Å². The second-order valence-corrected chi connectivity index (χ2v) is 7.12. The van der Waals surface area contributed by atoms with E-state index >= 15 is 0 Å². The number of pyridine rings is 3. The Balaban J connectivity index is 1.77.